The Balaban J connectivity index is 2.37. The SMILES string of the molecule is COc1ccc(F)c(-n2c(=S)[nH]c3cc(F)c(Br)cc32)c1. The van der Waals surface area contributed by atoms with Crippen molar-refractivity contribution in [3.8, 4) is 11.4 Å². The molecule has 0 aliphatic heterocycles. The molecule has 3 aromatic rings. The lowest BCUT2D eigenvalue weighted by Crippen LogP contribution is -1.99. The zero-order valence-electron chi connectivity index (χ0n) is 10.8. The van der Waals surface area contributed by atoms with Crippen LogP contribution in [0.3, 0.4) is 0 Å². The molecule has 1 N–H and O–H groups in total. The highest BCUT2D eigenvalue weighted by atomic mass is 79.9. The second kappa shape index (κ2) is 5.23. The van der Waals surface area contributed by atoms with Crippen LogP contribution in [0.1, 0.15) is 0 Å². The standard InChI is InChI=1S/C14H9BrF2N2OS/c1-20-7-2-3-9(16)12(4-7)19-13-5-8(15)10(17)6-11(13)18-14(19)21/h2-6H,1H3,(H,18,21). The second-order valence-corrected chi connectivity index (χ2v) is 5.61. The van der Waals surface area contributed by atoms with Crippen molar-refractivity contribution < 1.29 is 13.5 Å². The number of ether oxygens (including phenoxy) is 1. The predicted molar refractivity (Wildman–Crippen MR) is 82.6 cm³/mol. The number of benzene rings is 2. The number of fused-ring (bicyclic) bond motifs is 1. The van der Waals surface area contributed by atoms with Crippen LogP contribution in [0.2, 0.25) is 0 Å². The molecule has 0 saturated carbocycles. The van der Waals surface area contributed by atoms with Crippen molar-refractivity contribution in [2.45, 2.75) is 0 Å². The van der Waals surface area contributed by atoms with Crippen LogP contribution in [-0.4, -0.2) is 16.7 Å². The van der Waals surface area contributed by atoms with Gasteiger partial charge in [0, 0.05) is 12.1 Å². The minimum atomic E-state index is -0.451. The zero-order valence-corrected chi connectivity index (χ0v) is 13.2. The predicted octanol–water partition coefficient (Wildman–Crippen LogP) is 4.74. The highest BCUT2D eigenvalue weighted by Crippen LogP contribution is 2.28. The van der Waals surface area contributed by atoms with Crippen LogP contribution >= 0.6 is 28.1 Å². The number of hydrogen-bond donors (Lipinski definition) is 1. The maximum atomic E-state index is 14.1. The van der Waals surface area contributed by atoms with E-state index in [2.05, 4.69) is 20.9 Å². The molecule has 0 amide bonds. The van der Waals surface area contributed by atoms with Crippen molar-refractivity contribution in [2.75, 3.05) is 7.11 Å². The summed E-state index contributed by atoms with van der Waals surface area (Å²) in [5.41, 5.74) is 1.30. The van der Waals surface area contributed by atoms with Gasteiger partial charge in [-0.05, 0) is 46.3 Å². The van der Waals surface area contributed by atoms with Crippen LogP contribution in [0.25, 0.3) is 16.7 Å². The van der Waals surface area contributed by atoms with Crippen LogP contribution in [-0.2, 0) is 0 Å². The Bertz CT molecular complexity index is 904. The van der Waals surface area contributed by atoms with Crippen LogP contribution in [0.5, 0.6) is 5.75 Å². The number of imidazole rings is 1. The Kier molecular flexibility index (Phi) is 3.54. The fraction of sp³-hybridized carbons (Fsp3) is 0.0714. The first-order valence-corrected chi connectivity index (χ1v) is 7.15. The van der Waals surface area contributed by atoms with Gasteiger partial charge in [-0.2, -0.15) is 0 Å². The smallest absolute Gasteiger partial charge is 0.182 e. The van der Waals surface area contributed by atoms with Crippen molar-refractivity contribution in [1.82, 2.24) is 9.55 Å². The monoisotopic (exact) mass is 370 g/mol. The average molecular weight is 371 g/mol. The lowest BCUT2D eigenvalue weighted by molar-refractivity contribution is 0.413. The molecule has 2 aromatic carbocycles. The molecule has 7 heteroatoms. The molecule has 108 valence electrons. The summed E-state index contributed by atoms with van der Waals surface area (Å²) in [7, 11) is 1.50. The fourth-order valence-corrected chi connectivity index (χ4v) is 2.77. The highest BCUT2D eigenvalue weighted by Gasteiger charge is 2.14. The molecule has 0 saturated heterocycles. The Hall–Kier alpha value is -1.73. The molecule has 0 aliphatic carbocycles. The van der Waals surface area contributed by atoms with E-state index in [1.165, 1.54) is 35.9 Å². The number of halogens is 3. The topological polar surface area (TPSA) is 29.9 Å². The van der Waals surface area contributed by atoms with Gasteiger partial charge in [0.1, 0.15) is 17.4 Å². The minimum absolute atomic E-state index is 0.240. The van der Waals surface area contributed by atoms with Gasteiger partial charge in [0.2, 0.25) is 0 Å². The molecule has 3 nitrogen and oxygen atoms in total. The van der Waals surface area contributed by atoms with E-state index in [1.54, 1.807) is 6.07 Å². The largest absolute Gasteiger partial charge is 0.497 e. The molecule has 0 radical (unpaired) electrons. The van der Waals surface area contributed by atoms with Gasteiger partial charge in [-0.25, -0.2) is 8.78 Å². The molecule has 0 bridgehead atoms. The number of H-pyrrole nitrogens is 1. The van der Waals surface area contributed by atoms with Crippen molar-refractivity contribution >= 4 is 39.2 Å². The van der Waals surface area contributed by atoms with E-state index in [0.717, 1.165) is 0 Å². The molecule has 0 spiro atoms. The molecule has 0 fully saturated rings. The Morgan fingerprint density at radius 1 is 1.19 bits per heavy atom. The summed E-state index contributed by atoms with van der Waals surface area (Å²) < 4.78 is 34.9. The van der Waals surface area contributed by atoms with Crippen molar-refractivity contribution in [2.24, 2.45) is 0 Å². The molecule has 1 heterocycles. The van der Waals surface area contributed by atoms with Gasteiger partial charge < -0.3 is 9.72 Å². The Labute approximate surface area is 132 Å². The molecule has 21 heavy (non-hydrogen) atoms. The third-order valence-electron chi connectivity index (χ3n) is 3.12. The quantitative estimate of drug-likeness (QED) is 0.660. The first-order chi connectivity index (χ1) is 10.0. The number of rotatable bonds is 2. The summed E-state index contributed by atoms with van der Waals surface area (Å²) in [6, 6.07) is 7.22. The summed E-state index contributed by atoms with van der Waals surface area (Å²) in [4.78, 5) is 2.87. The van der Waals surface area contributed by atoms with E-state index in [9.17, 15) is 8.78 Å². The molecule has 0 atom stereocenters. The highest BCUT2D eigenvalue weighted by molar-refractivity contribution is 9.10. The van der Waals surface area contributed by atoms with Gasteiger partial charge in [0.15, 0.2) is 4.77 Å². The number of hydrogen-bond acceptors (Lipinski definition) is 2. The maximum absolute atomic E-state index is 14.1. The number of nitrogens with one attached hydrogen (secondary N) is 1. The van der Waals surface area contributed by atoms with E-state index in [1.807, 2.05) is 0 Å². The summed E-state index contributed by atoms with van der Waals surface area (Å²) in [5, 5.41) is 0. The Morgan fingerprint density at radius 3 is 2.67 bits per heavy atom. The summed E-state index contributed by atoms with van der Waals surface area (Å²) in [6.45, 7) is 0. The number of nitrogens with zero attached hydrogens (tertiary/aromatic N) is 1. The van der Waals surface area contributed by atoms with Crippen molar-refractivity contribution in [3.05, 3.63) is 51.2 Å². The lowest BCUT2D eigenvalue weighted by atomic mass is 10.2. The number of aromatic nitrogens is 2. The summed E-state index contributed by atoms with van der Waals surface area (Å²) in [5.74, 6) is -0.367. The first kappa shape index (κ1) is 14.2. The first-order valence-electron chi connectivity index (χ1n) is 5.95. The van der Waals surface area contributed by atoms with E-state index >= 15 is 0 Å². The van der Waals surface area contributed by atoms with Gasteiger partial charge >= 0.3 is 0 Å². The van der Waals surface area contributed by atoms with Gasteiger partial charge in [-0.3, -0.25) is 4.57 Å². The summed E-state index contributed by atoms with van der Waals surface area (Å²) in [6.07, 6.45) is 0. The third kappa shape index (κ3) is 2.36. The minimum Gasteiger partial charge on any atom is -0.497 e. The molecule has 1 aromatic heterocycles. The molecule has 3 rings (SSSR count). The van der Waals surface area contributed by atoms with Gasteiger partial charge in [0.05, 0.1) is 28.3 Å². The molecular weight excluding hydrogens is 362 g/mol. The Morgan fingerprint density at radius 2 is 1.95 bits per heavy atom. The maximum Gasteiger partial charge on any atom is 0.182 e. The second-order valence-electron chi connectivity index (χ2n) is 4.37. The molecule has 0 aliphatic rings. The van der Waals surface area contributed by atoms with E-state index in [-0.39, 0.29) is 14.9 Å². The number of aromatic amines is 1. The lowest BCUT2D eigenvalue weighted by Gasteiger charge is -2.08. The van der Waals surface area contributed by atoms with Crippen LogP contribution in [0, 0.1) is 16.4 Å². The van der Waals surface area contributed by atoms with Gasteiger partial charge in [-0.15, -0.1) is 0 Å². The van der Waals surface area contributed by atoms with E-state index in [0.29, 0.717) is 16.8 Å². The van der Waals surface area contributed by atoms with E-state index < -0.39 is 11.6 Å². The summed E-state index contributed by atoms with van der Waals surface area (Å²) >= 11 is 8.35. The normalized spacial score (nSPS) is 11.0. The van der Waals surface area contributed by atoms with Gasteiger partial charge in [0.25, 0.3) is 0 Å². The molecular formula is C14H9BrF2N2OS. The third-order valence-corrected chi connectivity index (χ3v) is 4.01. The van der Waals surface area contributed by atoms with Crippen LogP contribution < -0.4 is 4.74 Å². The fourth-order valence-electron chi connectivity index (χ4n) is 2.13. The van der Waals surface area contributed by atoms with Gasteiger partial charge in [-0.1, -0.05) is 0 Å². The number of methoxy groups -OCH3 is 1. The van der Waals surface area contributed by atoms with Crippen molar-refractivity contribution in [3.63, 3.8) is 0 Å². The van der Waals surface area contributed by atoms with Crippen LogP contribution in [0.15, 0.2) is 34.8 Å². The zero-order chi connectivity index (χ0) is 15.1. The van der Waals surface area contributed by atoms with Crippen molar-refractivity contribution in [1.29, 1.82) is 0 Å². The van der Waals surface area contributed by atoms with E-state index in [4.69, 9.17) is 17.0 Å². The molecule has 0 unspecified atom stereocenters. The van der Waals surface area contributed by atoms with Crippen LogP contribution in [0.4, 0.5) is 8.78 Å². The average Bonchev–Trinajstić information content (AvgIpc) is 2.75.